The first-order chi connectivity index (χ1) is 15.5. The number of carbonyl (C=O) groups is 1. The Hall–Kier alpha value is -3.49. The number of aromatic nitrogens is 3. The standard InChI is InChI=1S/C23H24F2N6O/c24-15-4-6-18(19(25)11-15)20-14-31-13-16(5-7-22(31)29-20)27-23(32)28-17-8-10-30(12-17)21-3-1-2-9-26-21/h1-4,6,9,11,14,16-17H,5,7-8,10,12-13H2,(H2,27,28,32). The van der Waals surface area contributed by atoms with E-state index in [1.165, 1.54) is 12.1 Å². The van der Waals surface area contributed by atoms with Gasteiger partial charge in [0.05, 0.1) is 5.69 Å². The van der Waals surface area contributed by atoms with E-state index in [0.29, 0.717) is 18.7 Å². The Balaban J connectivity index is 1.17. The number of rotatable bonds is 4. The van der Waals surface area contributed by atoms with Crippen LogP contribution in [0.3, 0.4) is 0 Å². The Morgan fingerprint density at radius 2 is 1.91 bits per heavy atom. The van der Waals surface area contributed by atoms with Crippen LogP contribution < -0.4 is 15.5 Å². The summed E-state index contributed by atoms with van der Waals surface area (Å²) in [5.74, 6) is 0.510. The Labute approximate surface area is 184 Å². The summed E-state index contributed by atoms with van der Waals surface area (Å²) in [6.45, 7) is 2.14. The number of nitrogens with zero attached hydrogens (tertiary/aromatic N) is 4. The molecule has 7 nitrogen and oxygen atoms in total. The van der Waals surface area contributed by atoms with Gasteiger partial charge in [-0.15, -0.1) is 0 Å². The summed E-state index contributed by atoms with van der Waals surface area (Å²) in [5.41, 5.74) is 0.748. The molecule has 0 radical (unpaired) electrons. The zero-order chi connectivity index (χ0) is 22.1. The van der Waals surface area contributed by atoms with Crippen molar-refractivity contribution >= 4 is 11.8 Å². The van der Waals surface area contributed by atoms with Crippen LogP contribution in [-0.2, 0) is 13.0 Å². The van der Waals surface area contributed by atoms with Crippen LogP contribution in [0.5, 0.6) is 0 Å². The third-order valence-corrected chi connectivity index (χ3v) is 6.03. The van der Waals surface area contributed by atoms with Gasteiger partial charge in [-0.05, 0) is 37.1 Å². The number of imidazole rings is 1. The second kappa shape index (κ2) is 8.57. The number of pyridine rings is 1. The van der Waals surface area contributed by atoms with Gasteiger partial charge in [0.1, 0.15) is 23.3 Å². The molecule has 2 atom stereocenters. The predicted octanol–water partition coefficient (Wildman–Crippen LogP) is 3.12. The van der Waals surface area contributed by atoms with E-state index < -0.39 is 11.6 Å². The Morgan fingerprint density at radius 1 is 1.06 bits per heavy atom. The lowest BCUT2D eigenvalue weighted by Gasteiger charge is -2.25. The number of fused-ring (bicyclic) bond motifs is 1. The fourth-order valence-electron chi connectivity index (χ4n) is 4.43. The SMILES string of the molecule is O=C(NC1CCN(c2ccccn2)C1)NC1CCc2nc(-c3ccc(F)cc3F)cn2C1. The molecule has 2 aliphatic heterocycles. The topological polar surface area (TPSA) is 75.1 Å². The molecule has 1 aromatic carbocycles. The van der Waals surface area contributed by atoms with Crippen molar-refractivity contribution < 1.29 is 13.6 Å². The van der Waals surface area contributed by atoms with Crippen LogP contribution in [0.4, 0.5) is 19.4 Å². The van der Waals surface area contributed by atoms with Crippen LogP contribution in [-0.4, -0.2) is 45.7 Å². The molecule has 1 fully saturated rings. The molecule has 5 rings (SSSR count). The van der Waals surface area contributed by atoms with Crippen molar-refractivity contribution in [3.63, 3.8) is 0 Å². The van der Waals surface area contributed by atoms with Crippen molar-refractivity contribution in [2.75, 3.05) is 18.0 Å². The van der Waals surface area contributed by atoms with E-state index in [4.69, 9.17) is 0 Å². The molecule has 0 aliphatic carbocycles. The van der Waals surface area contributed by atoms with E-state index in [9.17, 15) is 13.6 Å². The van der Waals surface area contributed by atoms with Gasteiger partial charge >= 0.3 is 6.03 Å². The maximum atomic E-state index is 14.1. The van der Waals surface area contributed by atoms with Gasteiger partial charge in [-0.25, -0.2) is 23.5 Å². The predicted molar refractivity (Wildman–Crippen MR) is 116 cm³/mol. The summed E-state index contributed by atoms with van der Waals surface area (Å²) in [6.07, 6.45) is 5.82. The number of urea groups is 1. The Morgan fingerprint density at radius 3 is 2.69 bits per heavy atom. The molecule has 4 heterocycles. The third kappa shape index (κ3) is 4.28. The minimum Gasteiger partial charge on any atom is -0.354 e. The van der Waals surface area contributed by atoms with Crippen molar-refractivity contribution in [3.05, 3.63) is 66.3 Å². The van der Waals surface area contributed by atoms with E-state index in [2.05, 4.69) is 25.5 Å². The lowest BCUT2D eigenvalue weighted by molar-refractivity contribution is 0.229. The summed E-state index contributed by atoms with van der Waals surface area (Å²) in [7, 11) is 0. The number of benzene rings is 1. The first-order valence-electron chi connectivity index (χ1n) is 10.8. The molecule has 166 valence electrons. The molecular formula is C23H24F2N6O. The zero-order valence-electron chi connectivity index (χ0n) is 17.5. The summed E-state index contributed by atoms with van der Waals surface area (Å²) < 4.78 is 29.3. The number of hydrogen-bond donors (Lipinski definition) is 2. The van der Waals surface area contributed by atoms with Crippen LogP contribution in [0.2, 0.25) is 0 Å². The number of anilines is 1. The highest BCUT2D eigenvalue weighted by Gasteiger charge is 2.27. The molecule has 0 bridgehead atoms. The van der Waals surface area contributed by atoms with Crippen LogP contribution in [0.25, 0.3) is 11.3 Å². The van der Waals surface area contributed by atoms with Gasteiger partial charge in [0.25, 0.3) is 0 Å². The first-order valence-corrected chi connectivity index (χ1v) is 10.8. The minimum absolute atomic E-state index is 0.0455. The first kappa shape index (κ1) is 20.4. The van der Waals surface area contributed by atoms with Crippen LogP contribution in [0, 0.1) is 11.6 Å². The molecule has 2 aromatic heterocycles. The second-order valence-electron chi connectivity index (χ2n) is 8.29. The summed E-state index contributed by atoms with van der Waals surface area (Å²) in [6, 6.07) is 9.14. The van der Waals surface area contributed by atoms with E-state index >= 15 is 0 Å². The van der Waals surface area contributed by atoms with E-state index in [-0.39, 0.29) is 23.7 Å². The average molecular weight is 438 g/mol. The van der Waals surface area contributed by atoms with E-state index in [0.717, 1.165) is 43.6 Å². The normalized spacial score (nSPS) is 20.1. The van der Waals surface area contributed by atoms with Crippen molar-refractivity contribution in [1.82, 2.24) is 25.2 Å². The number of aryl methyl sites for hydroxylation is 1. The monoisotopic (exact) mass is 438 g/mol. The summed E-state index contributed by atoms with van der Waals surface area (Å²) >= 11 is 0. The maximum absolute atomic E-state index is 14.1. The molecule has 0 spiro atoms. The van der Waals surface area contributed by atoms with Gasteiger partial charge in [0, 0.05) is 62.2 Å². The fourth-order valence-corrected chi connectivity index (χ4v) is 4.43. The molecule has 9 heteroatoms. The third-order valence-electron chi connectivity index (χ3n) is 6.03. The van der Waals surface area contributed by atoms with Crippen LogP contribution in [0.15, 0.2) is 48.8 Å². The molecule has 2 aliphatic rings. The number of halogens is 2. The number of amides is 2. The largest absolute Gasteiger partial charge is 0.354 e. The molecule has 2 N–H and O–H groups in total. The fraction of sp³-hybridized carbons (Fsp3) is 0.348. The number of nitrogens with one attached hydrogen (secondary N) is 2. The number of carbonyl (C=O) groups excluding carboxylic acids is 1. The van der Waals surface area contributed by atoms with Crippen LogP contribution >= 0.6 is 0 Å². The van der Waals surface area contributed by atoms with Gasteiger partial charge in [-0.1, -0.05) is 6.07 Å². The van der Waals surface area contributed by atoms with E-state index in [1.807, 2.05) is 22.8 Å². The number of hydrogen-bond acceptors (Lipinski definition) is 4. The smallest absolute Gasteiger partial charge is 0.315 e. The van der Waals surface area contributed by atoms with Crippen LogP contribution in [0.1, 0.15) is 18.7 Å². The quantitative estimate of drug-likeness (QED) is 0.657. The van der Waals surface area contributed by atoms with Crippen molar-refractivity contribution in [1.29, 1.82) is 0 Å². The maximum Gasteiger partial charge on any atom is 0.315 e. The molecule has 0 saturated carbocycles. The van der Waals surface area contributed by atoms with E-state index in [1.54, 1.807) is 12.4 Å². The molecule has 1 saturated heterocycles. The molecule has 2 amide bonds. The van der Waals surface area contributed by atoms with Gasteiger partial charge < -0.3 is 20.1 Å². The second-order valence-corrected chi connectivity index (χ2v) is 8.29. The van der Waals surface area contributed by atoms with Crippen molar-refractivity contribution in [3.8, 4) is 11.3 Å². The van der Waals surface area contributed by atoms with Gasteiger partial charge in [-0.2, -0.15) is 0 Å². The lowest BCUT2D eigenvalue weighted by atomic mass is 10.1. The highest BCUT2D eigenvalue weighted by Crippen LogP contribution is 2.25. The molecule has 3 aromatic rings. The average Bonchev–Trinajstić information content (AvgIpc) is 3.41. The molecular weight excluding hydrogens is 414 g/mol. The highest BCUT2D eigenvalue weighted by molar-refractivity contribution is 5.74. The van der Waals surface area contributed by atoms with Gasteiger partial charge in [0.2, 0.25) is 0 Å². The summed E-state index contributed by atoms with van der Waals surface area (Å²) in [5, 5.41) is 6.12. The van der Waals surface area contributed by atoms with Gasteiger partial charge in [-0.3, -0.25) is 0 Å². The van der Waals surface area contributed by atoms with Gasteiger partial charge in [0.15, 0.2) is 0 Å². The zero-order valence-corrected chi connectivity index (χ0v) is 17.5. The molecule has 2 unspecified atom stereocenters. The highest BCUT2D eigenvalue weighted by atomic mass is 19.1. The Kier molecular flexibility index (Phi) is 5.46. The van der Waals surface area contributed by atoms with Crippen molar-refractivity contribution in [2.45, 2.75) is 37.9 Å². The summed E-state index contributed by atoms with van der Waals surface area (Å²) in [4.78, 5) is 23.6. The van der Waals surface area contributed by atoms with Crippen molar-refractivity contribution in [2.24, 2.45) is 0 Å². The Bertz CT molecular complexity index is 1120. The lowest BCUT2D eigenvalue weighted by Crippen LogP contribution is -2.49. The minimum atomic E-state index is -0.634. The molecule has 32 heavy (non-hydrogen) atoms.